The molecule has 0 aliphatic heterocycles. The van der Waals surface area contributed by atoms with Gasteiger partial charge in [0, 0.05) is 5.69 Å². The maximum absolute atomic E-state index is 13.3. The highest BCUT2D eigenvalue weighted by molar-refractivity contribution is 7.18. The van der Waals surface area contributed by atoms with E-state index in [1.165, 1.54) is 22.8 Å². The third-order valence-electron chi connectivity index (χ3n) is 5.29. The first-order valence-corrected chi connectivity index (χ1v) is 11.2. The molecule has 10 nitrogen and oxygen atoms in total. The molecular weight excluding hydrogens is 458 g/mol. The molecule has 2 aromatic carbocycles. The minimum absolute atomic E-state index is 0.0256. The number of thiazole rings is 1. The summed E-state index contributed by atoms with van der Waals surface area (Å²) < 4.78 is 2.69. The van der Waals surface area contributed by atoms with Crippen molar-refractivity contribution in [3.05, 3.63) is 79.6 Å². The number of benzene rings is 2. The predicted molar refractivity (Wildman–Crippen MR) is 128 cm³/mol. The Morgan fingerprint density at radius 3 is 2.47 bits per heavy atom. The number of nitrogens with zero attached hydrogens (tertiary/aromatic N) is 4. The SMILES string of the molecule is Cc1ccc(Cn2c(Nc3ccc4nc(C)sc4c3)nc(=O)n([C@H](C)C(=O)C(=O)O)c2=O)cc1. The third kappa shape index (κ3) is 4.50. The van der Waals surface area contributed by atoms with Crippen molar-refractivity contribution in [2.45, 2.75) is 33.4 Å². The van der Waals surface area contributed by atoms with Crippen molar-refractivity contribution < 1.29 is 14.7 Å². The van der Waals surface area contributed by atoms with E-state index in [0.29, 0.717) is 10.3 Å². The second-order valence-electron chi connectivity index (χ2n) is 7.83. The largest absolute Gasteiger partial charge is 0.475 e. The fourth-order valence-corrected chi connectivity index (χ4v) is 4.36. The van der Waals surface area contributed by atoms with Gasteiger partial charge in [-0.1, -0.05) is 29.8 Å². The first-order chi connectivity index (χ1) is 16.1. The van der Waals surface area contributed by atoms with Crippen LogP contribution in [0.1, 0.15) is 29.1 Å². The fourth-order valence-electron chi connectivity index (χ4n) is 3.50. The monoisotopic (exact) mass is 479 g/mol. The average molecular weight is 480 g/mol. The maximum Gasteiger partial charge on any atom is 0.374 e. The van der Waals surface area contributed by atoms with Crippen LogP contribution in [0.5, 0.6) is 0 Å². The topological polar surface area (TPSA) is 136 Å². The first-order valence-electron chi connectivity index (χ1n) is 10.3. The van der Waals surface area contributed by atoms with Gasteiger partial charge in [-0.05, 0) is 44.5 Å². The lowest BCUT2D eigenvalue weighted by atomic mass is 10.1. The van der Waals surface area contributed by atoms with Crippen molar-refractivity contribution in [1.29, 1.82) is 0 Å². The summed E-state index contributed by atoms with van der Waals surface area (Å²) in [4.78, 5) is 57.6. The molecule has 2 N–H and O–H groups in total. The Hall–Kier alpha value is -4.12. The van der Waals surface area contributed by atoms with Crippen molar-refractivity contribution in [2.24, 2.45) is 0 Å². The van der Waals surface area contributed by atoms with Gasteiger partial charge >= 0.3 is 17.3 Å². The van der Waals surface area contributed by atoms with Crippen molar-refractivity contribution in [1.82, 2.24) is 19.1 Å². The summed E-state index contributed by atoms with van der Waals surface area (Å²) in [5.41, 5.74) is 1.34. The number of anilines is 2. The number of aryl methyl sites for hydroxylation is 2. The number of fused-ring (bicyclic) bond motifs is 1. The van der Waals surface area contributed by atoms with Crippen molar-refractivity contribution in [2.75, 3.05) is 5.32 Å². The Morgan fingerprint density at radius 2 is 1.79 bits per heavy atom. The van der Waals surface area contributed by atoms with Gasteiger partial charge in [0.15, 0.2) is 0 Å². The predicted octanol–water partition coefficient (Wildman–Crippen LogP) is 2.64. The molecule has 2 heterocycles. The summed E-state index contributed by atoms with van der Waals surface area (Å²) in [7, 11) is 0. The lowest BCUT2D eigenvalue weighted by molar-refractivity contribution is -0.150. The Labute approximate surface area is 197 Å². The third-order valence-corrected chi connectivity index (χ3v) is 6.22. The second-order valence-corrected chi connectivity index (χ2v) is 9.06. The lowest BCUT2D eigenvalue weighted by Gasteiger charge is -2.17. The van der Waals surface area contributed by atoms with E-state index in [4.69, 9.17) is 5.11 Å². The quantitative estimate of drug-likeness (QED) is 0.386. The molecule has 0 aliphatic carbocycles. The van der Waals surface area contributed by atoms with Crippen molar-refractivity contribution in [3.63, 3.8) is 0 Å². The number of aliphatic carboxylic acids is 1. The van der Waals surface area contributed by atoms with Gasteiger partial charge < -0.3 is 10.4 Å². The van der Waals surface area contributed by atoms with Crippen molar-refractivity contribution in [3.8, 4) is 0 Å². The molecular formula is C23H21N5O5S. The van der Waals surface area contributed by atoms with E-state index in [-0.39, 0.29) is 12.5 Å². The summed E-state index contributed by atoms with van der Waals surface area (Å²) >= 11 is 1.50. The molecule has 0 fully saturated rings. The Morgan fingerprint density at radius 1 is 1.09 bits per heavy atom. The first kappa shape index (κ1) is 23.1. The zero-order valence-corrected chi connectivity index (χ0v) is 19.4. The molecule has 0 saturated carbocycles. The molecule has 0 amide bonds. The molecule has 0 saturated heterocycles. The number of hydrogen-bond donors (Lipinski definition) is 2. The van der Waals surface area contributed by atoms with Gasteiger partial charge in [0.2, 0.25) is 5.95 Å². The van der Waals surface area contributed by atoms with Crippen LogP contribution in [-0.4, -0.2) is 36.0 Å². The molecule has 1 atom stereocenters. The van der Waals surface area contributed by atoms with E-state index >= 15 is 0 Å². The standard InChI is InChI=1S/C23H21N5O5S/c1-12-4-6-15(7-5-12)11-27-21(25-16-8-9-17-18(10-16)34-14(3)24-17)26-22(32)28(23(27)33)13(2)19(29)20(30)31/h4-10,13H,11H2,1-3H3,(H,30,31)(H,25,26,32)/t13-/m1/s1. The van der Waals surface area contributed by atoms with Gasteiger partial charge in [0.05, 0.1) is 21.8 Å². The number of carbonyl (C=O) groups excluding carboxylic acids is 1. The van der Waals surface area contributed by atoms with E-state index in [1.807, 2.05) is 50.2 Å². The van der Waals surface area contributed by atoms with Crippen LogP contribution >= 0.6 is 11.3 Å². The molecule has 4 aromatic rings. The van der Waals surface area contributed by atoms with Gasteiger partial charge in [-0.15, -0.1) is 11.3 Å². The molecule has 11 heteroatoms. The van der Waals surface area contributed by atoms with E-state index in [1.54, 1.807) is 6.07 Å². The number of nitrogens with one attached hydrogen (secondary N) is 1. The molecule has 34 heavy (non-hydrogen) atoms. The van der Waals surface area contributed by atoms with Crippen LogP contribution in [0.25, 0.3) is 10.2 Å². The highest BCUT2D eigenvalue weighted by atomic mass is 32.1. The molecule has 0 radical (unpaired) electrons. The van der Waals surface area contributed by atoms with Gasteiger partial charge in [-0.2, -0.15) is 4.98 Å². The van der Waals surface area contributed by atoms with E-state index < -0.39 is 29.2 Å². The molecule has 0 spiro atoms. The number of carboxylic acid groups (broad SMARTS) is 1. The Kier molecular flexibility index (Phi) is 6.12. The van der Waals surface area contributed by atoms with E-state index in [9.17, 15) is 19.2 Å². The van der Waals surface area contributed by atoms with Crippen LogP contribution in [0.4, 0.5) is 11.6 Å². The van der Waals surface area contributed by atoms with Crippen LogP contribution in [0.2, 0.25) is 0 Å². The number of hydrogen-bond acceptors (Lipinski definition) is 8. The molecule has 174 valence electrons. The van der Waals surface area contributed by atoms with Crippen LogP contribution in [0.15, 0.2) is 52.1 Å². The highest BCUT2D eigenvalue weighted by Crippen LogP contribution is 2.26. The minimum atomic E-state index is -1.74. The number of carbonyl (C=O) groups is 2. The van der Waals surface area contributed by atoms with E-state index in [2.05, 4.69) is 15.3 Å². The number of aromatic nitrogens is 4. The zero-order valence-electron chi connectivity index (χ0n) is 18.6. The normalized spacial score (nSPS) is 12.0. The smallest absolute Gasteiger partial charge is 0.374 e. The number of Topliss-reactive ketones (excluding diaryl/α,β-unsaturated/α-hetero) is 1. The van der Waals surface area contributed by atoms with Crippen LogP contribution < -0.4 is 16.7 Å². The van der Waals surface area contributed by atoms with Gasteiger partial charge in [-0.3, -0.25) is 9.36 Å². The second kappa shape index (κ2) is 9.02. The molecule has 0 unspecified atom stereocenters. The van der Waals surface area contributed by atoms with Gasteiger partial charge in [-0.25, -0.2) is 23.9 Å². The Balaban J connectivity index is 1.83. The molecule has 2 aromatic heterocycles. The van der Waals surface area contributed by atoms with Crippen LogP contribution in [0, 0.1) is 13.8 Å². The summed E-state index contributed by atoms with van der Waals surface area (Å²) in [5.74, 6) is -3.05. The Bertz CT molecular complexity index is 1530. The van der Waals surface area contributed by atoms with E-state index in [0.717, 1.165) is 26.4 Å². The molecule has 0 bridgehead atoms. The lowest BCUT2D eigenvalue weighted by Crippen LogP contribution is -2.46. The summed E-state index contributed by atoms with van der Waals surface area (Å²) in [5, 5.41) is 13.0. The van der Waals surface area contributed by atoms with Gasteiger partial charge in [0.1, 0.15) is 6.04 Å². The number of rotatable bonds is 7. The summed E-state index contributed by atoms with van der Waals surface area (Å²) in [6.07, 6.45) is 0. The minimum Gasteiger partial charge on any atom is -0.475 e. The number of carboxylic acids is 1. The number of ketones is 1. The molecule has 0 aliphatic rings. The molecule has 4 rings (SSSR count). The van der Waals surface area contributed by atoms with Gasteiger partial charge in [0.25, 0.3) is 5.78 Å². The summed E-state index contributed by atoms with van der Waals surface area (Å²) in [6.45, 7) is 5.06. The average Bonchev–Trinajstić information content (AvgIpc) is 3.16. The van der Waals surface area contributed by atoms with Crippen LogP contribution in [0.3, 0.4) is 0 Å². The van der Waals surface area contributed by atoms with Crippen LogP contribution in [-0.2, 0) is 16.1 Å². The maximum atomic E-state index is 13.3. The zero-order chi connectivity index (χ0) is 24.6. The van der Waals surface area contributed by atoms with Crippen molar-refractivity contribution >= 4 is 44.9 Å². The summed E-state index contributed by atoms with van der Waals surface area (Å²) in [6, 6.07) is 11.3. The highest BCUT2D eigenvalue weighted by Gasteiger charge is 2.27. The fraction of sp³-hybridized carbons (Fsp3) is 0.217.